The quantitative estimate of drug-likeness (QED) is 0.454. The van der Waals surface area contributed by atoms with Crippen LogP contribution in [0.5, 0.6) is 0 Å². The molecule has 0 fully saturated rings. The smallest absolute Gasteiger partial charge is 0.00388 e. The van der Waals surface area contributed by atoms with Crippen molar-refractivity contribution >= 4 is 0 Å². The Morgan fingerprint density at radius 1 is 0.667 bits per heavy atom. The second-order valence-electron chi connectivity index (χ2n) is 5.66. The molecule has 0 aromatic rings. The fraction of sp³-hybridized carbons (Fsp3) is 1.00. The molecule has 1 unspecified atom stereocenters. The zero-order valence-electron chi connectivity index (χ0n) is 12.6. The second kappa shape index (κ2) is 15.0. The number of hydrogen-bond acceptors (Lipinski definition) is 2. The molecule has 0 bridgehead atoms. The lowest BCUT2D eigenvalue weighted by molar-refractivity contribution is 0.489. The summed E-state index contributed by atoms with van der Waals surface area (Å²) in [6, 6.07) is 0.459. The zero-order valence-corrected chi connectivity index (χ0v) is 12.6. The summed E-state index contributed by atoms with van der Waals surface area (Å²) in [5, 5.41) is 0. The van der Waals surface area contributed by atoms with Crippen LogP contribution in [0.3, 0.4) is 0 Å². The van der Waals surface area contributed by atoms with Crippen molar-refractivity contribution in [1.82, 2.24) is 0 Å². The van der Waals surface area contributed by atoms with Gasteiger partial charge in [0.2, 0.25) is 0 Å². The Kier molecular flexibility index (Phi) is 14.9. The van der Waals surface area contributed by atoms with Gasteiger partial charge in [0.1, 0.15) is 0 Å². The zero-order chi connectivity index (χ0) is 13.5. The Hall–Kier alpha value is -0.0800. The van der Waals surface area contributed by atoms with Gasteiger partial charge in [-0.2, -0.15) is 0 Å². The highest BCUT2D eigenvalue weighted by Gasteiger charge is 2.01. The largest absolute Gasteiger partial charge is 0.330 e. The highest BCUT2D eigenvalue weighted by Crippen LogP contribution is 2.12. The van der Waals surface area contributed by atoms with Gasteiger partial charge < -0.3 is 11.5 Å². The van der Waals surface area contributed by atoms with Crippen molar-refractivity contribution in [3.05, 3.63) is 0 Å². The van der Waals surface area contributed by atoms with Crippen LogP contribution in [-0.4, -0.2) is 12.6 Å². The second-order valence-corrected chi connectivity index (χ2v) is 5.66. The number of rotatable bonds is 14. The van der Waals surface area contributed by atoms with E-state index in [9.17, 15) is 0 Å². The van der Waals surface area contributed by atoms with E-state index in [0.717, 1.165) is 6.54 Å². The van der Waals surface area contributed by atoms with E-state index in [-0.39, 0.29) is 0 Å². The van der Waals surface area contributed by atoms with Crippen molar-refractivity contribution in [1.29, 1.82) is 0 Å². The minimum atomic E-state index is 0.459. The lowest BCUT2D eigenvalue weighted by Crippen LogP contribution is -2.19. The Balaban J connectivity index is 3.05. The maximum Gasteiger partial charge on any atom is 0.00388 e. The van der Waals surface area contributed by atoms with E-state index in [0.29, 0.717) is 6.04 Å². The van der Waals surface area contributed by atoms with Crippen LogP contribution in [0.15, 0.2) is 0 Å². The van der Waals surface area contributed by atoms with Gasteiger partial charge in [-0.25, -0.2) is 0 Å². The molecule has 0 radical (unpaired) electrons. The van der Waals surface area contributed by atoms with E-state index < -0.39 is 0 Å². The van der Waals surface area contributed by atoms with Gasteiger partial charge in [-0.1, -0.05) is 71.1 Å². The van der Waals surface area contributed by atoms with Crippen LogP contribution in [0.2, 0.25) is 0 Å². The molecule has 0 aromatic heterocycles. The summed E-state index contributed by atoms with van der Waals surface area (Å²) in [6.07, 6.45) is 17.2. The molecule has 0 rings (SSSR count). The molecule has 18 heavy (non-hydrogen) atoms. The molecule has 0 saturated heterocycles. The van der Waals surface area contributed by atoms with Crippen LogP contribution in [0.25, 0.3) is 0 Å². The summed E-state index contributed by atoms with van der Waals surface area (Å²) in [4.78, 5) is 0. The lowest BCUT2D eigenvalue weighted by Gasteiger charge is -2.10. The molecule has 2 nitrogen and oxygen atoms in total. The third kappa shape index (κ3) is 14.0. The summed E-state index contributed by atoms with van der Waals surface area (Å²) in [6.45, 7) is 3.11. The van der Waals surface area contributed by atoms with Crippen LogP contribution in [-0.2, 0) is 0 Å². The highest BCUT2D eigenvalue weighted by atomic mass is 14.6. The van der Waals surface area contributed by atoms with Crippen LogP contribution in [0.4, 0.5) is 0 Å². The van der Waals surface area contributed by atoms with E-state index in [1.54, 1.807) is 0 Å². The molecule has 0 amide bonds. The van der Waals surface area contributed by atoms with Gasteiger partial charge in [0.15, 0.2) is 0 Å². The van der Waals surface area contributed by atoms with Gasteiger partial charge in [-0.15, -0.1) is 0 Å². The maximum atomic E-state index is 6.10. The fourth-order valence-electron chi connectivity index (χ4n) is 2.41. The summed E-state index contributed by atoms with van der Waals surface area (Å²) >= 11 is 0. The third-order valence-corrected chi connectivity index (χ3v) is 3.71. The molecular formula is C16H36N2. The summed E-state index contributed by atoms with van der Waals surface area (Å²) in [5.74, 6) is 0. The van der Waals surface area contributed by atoms with E-state index >= 15 is 0 Å². The molecule has 0 aliphatic rings. The molecule has 0 heterocycles. The Labute approximate surface area is 115 Å². The first-order valence-corrected chi connectivity index (χ1v) is 8.27. The molecule has 1 atom stereocenters. The van der Waals surface area contributed by atoms with Gasteiger partial charge in [-0.05, 0) is 25.8 Å². The van der Waals surface area contributed by atoms with Gasteiger partial charge in [0.25, 0.3) is 0 Å². The fourth-order valence-corrected chi connectivity index (χ4v) is 2.41. The van der Waals surface area contributed by atoms with E-state index in [1.165, 1.54) is 83.5 Å². The minimum absolute atomic E-state index is 0.459. The monoisotopic (exact) mass is 256 g/mol. The van der Waals surface area contributed by atoms with Gasteiger partial charge in [0.05, 0.1) is 0 Å². The predicted octanol–water partition coefficient (Wildman–Crippen LogP) is 4.36. The maximum absolute atomic E-state index is 6.10. The minimum Gasteiger partial charge on any atom is -0.330 e. The van der Waals surface area contributed by atoms with Crippen molar-refractivity contribution in [2.24, 2.45) is 11.5 Å². The van der Waals surface area contributed by atoms with Crippen LogP contribution in [0.1, 0.15) is 90.4 Å². The summed E-state index contributed by atoms with van der Waals surface area (Å²) in [5.41, 5.74) is 11.6. The van der Waals surface area contributed by atoms with Crippen LogP contribution < -0.4 is 11.5 Å². The van der Waals surface area contributed by atoms with Crippen LogP contribution >= 0.6 is 0 Å². The Bertz CT molecular complexity index is 148. The van der Waals surface area contributed by atoms with Gasteiger partial charge in [0, 0.05) is 6.04 Å². The molecule has 0 aliphatic heterocycles. The Morgan fingerprint density at radius 3 is 1.61 bits per heavy atom. The number of unbranched alkanes of at least 4 members (excludes halogenated alkanes) is 9. The van der Waals surface area contributed by atoms with E-state index in [4.69, 9.17) is 11.5 Å². The van der Waals surface area contributed by atoms with Crippen molar-refractivity contribution in [2.45, 2.75) is 96.4 Å². The summed E-state index contributed by atoms with van der Waals surface area (Å²) < 4.78 is 0. The topological polar surface area (TPSA) is 52.0 Å². The highest BCUT2D eigenvalue weighted by molar-refractivity contribution is 4.61. The normalized spacial score (nSPS) is 12.8. The predicted molar refractivity (Wildman–Crippen MR) is 82.7 cm³/mol. The number of nitrogens with two attached hydrogens (primary N) is 2. The lowest BCUT2D eigenvalue weighted by atomic mass is 10.0. The molecular weight excluding hydrogens is 220 g/mol. The average molecular weight is 256 g/mol. The molecule has 0 spiro atoms. The molecule has 0 saturated carbocycles. The molecule has 0 aliphatic carbocycles. The first-order valence-electron chi connectivity index (χ1n) is 8.27. The van der Waals surface area contributed by atoms with Crippen molar-refractivity contribution in [3.8, 4) is 0 Å². The average Bonchev–Trinajstić information content (AvgIpc) is 2.37. The van der Waals surface area contributed by atoms with E-state index in [1.807, 2.05) is 0 Å². The summed E-state index contributed by atoms with van der Waals surface area (Å²) in [7, 11) is 0. The Morgan fingerprint density at radius 2 is 1.11 bits per heavy atom. The first kappa shape index (κ1) is 17.9. The van der Waals surface area contributed by atoms with Crippen molar-refractivity contribution in [3.63, 3.8) is 0 Å². The van der Waals surface area contributed by atoms with Gasteiger partial charge >= 0.3 is 0 Å². The van der Waals surface area contributed by atoms with Gasteiger partial charge in [-0.3, -0.25) is 0 Å². The standard InChI is InChI=1S/C16H36N2/c1-2-3-10-13-16(18)14-11-8-6-4-5-7-9-12-15-17/h16H,2-15,17-18H2,1H3. The molecule has 110 valence electrons. The van der Waals surface area contributed by atoms with Crippen LogP contribution in [0, 0.1) is 0 Å². The SMILES string of the molecule is CCCCCC(N)CCCCCCCCCCN. The third-order valence-electron chi connectivity index (χ3n) is 3.71. The number of hydrogen-bond donors (Lipinski definition) is 2. The van der Waals surface area contributed by atoms with Crippen molar-refractivity contribution in [2.75, 3.05) is 6.54 Å². The van der Waals surface area contributed by atoms with Crippen molar-refractivity contribution < 1.29 is 0 Å². The first-order chi connectivity index (χ1) is 8.81. The molecule has 2 heteroatoms. The van der Waals surface area contributed by atoms with E-state index in [2.05, 4.69) is 6.92 Å². The molecule has 0 aromatic carbocycles. The molecule has 4 N–H and O–H groups in total.